The highest BCUT2D eigenvalue weighted by Crippen LogP contribution is 2.30. The van der Waals surface area contributed by atoms with Crippen molar-refractivity contribution in [1.29, 1.82) is 0 Å². The van der Waals surface area contributed by atoms with Crippen molar-refractivity contribution >= 4 is 50.7 Å². The number of rotatable bonds is 12. The molecule has 2 unspecified atom stereocenters. The molecule has 3 aromatic carbocycles. The molecule has 0 aliphatic heterocycles. The lowest BCUT2D eigenvalue weighted by atomic mass is 10.1. The van der Waals surface area contributed by atoms with Crippen LogP contribution in [0.5, 0.6) is 0 Å². The predicted molar refractivity (Wildman–Crippen MR) is 161 cm³/mol. The van der Waals surface area contributed by atoms with Gasteiger partial charge in [-0.2, -0.15) is 0 Å². The maximum absolute atomic E-state index is 14.1. The quantitative estimate of drug-likeness (QED) is 0.266. The molecule has 0 aromatic heterocycles. The van der Waals surface area contributed by atoms with Crippen molar-refractivity contribution in [1.82, 2.24) is 10.2 Å². The number of nitrogens with zero attached hydrogens (tertiary/aromatic N) is 2. The molecule has 2 atom stereocenters. The maximum atomic E-state index is 14.1. The number of aryl methyl sites for hydroxylation is 1. The normalized spacial score (nSPS) is 12.8. The van der Waals surface area contributed by atoms with E-state index in [1.165, 1.54) is 35.2 Å². The van der Waals surface area contributed by atoms with Gasteiger partial charge < -0.3 is 10.2 Å². The smallest absolute Gasteiger partial charge is 0.264 e. The van der Waals surface area contributed by atoms with Crippen molar-refractivity contribution < 1.29 is 18.0 Å². The molecule has 0 aliphatic rings. The van der Waals surface area contributed by atoms with Crippen LogP contribution in [0.3, 0.4) is 0 Å². The number of hydrogen-bond donors (Lipinski definition) is 1. The van der Waals surface area contributed by atoms with Crippen LogP contribution in [0.2, 0.25) is 10.0 Å². The minimum atomic E-state index is -4.21. The van der Waals surface area contributed by atoms with Gasteiger partial charge in [-0.3, -0.25) is 13.9 Å². The Kier molecular flexibility index (Phi) is 11.0. The average molecular weight is 605 g/mol. The zero-order chi connectivity index (χ0) is 29.4. The number of benzene rings is 3. The molecule has 214 valence electrons. The van der Waals surface area contributed by atoms with Gasteiger partial charge >= 0.3 is 0 Å². The molecule has 3 rings (SSSR count). The number of amides is 2. The molecule has 0 fully saturated rings. The number of carbonyl (C=O) groups excluding carboxylic acids is 2. The van der Waals surface area contributed by atoms with E-state index >= 15 is 0 Å². The summed E-state index contributed by atoms with van der Waals surface area (Å²) in [5.41, 5.74) is 1.84. The van der Waals surface area contributed by atoms with Gasteiger partial charge in [-0.15, -0.1) is 0 Å². The number of nitrogens with one attached hydrogen (secondary N) is 1. The molecule has 0 saturated heterocycles. The lowest BCUT2D eigenvalue weighted by molar-refractivity contribution is -0.140. The van der Waals surface area contributed by atoms with E-state index in [4.69, 9.17) is 23.2 Å². The van der Waals surface area contributed by atoms with Gasteiger partial charge in [0.25, 0.3) is 10.0 Å². The summed E-state index contributed by atoms with van der Waals surface area (Å²) in [6.45, 7) is 7.10. The molecule has 3 aromatic rings. The SMILES string of the molecule is CCC(C)NC(=O)C(CC)N(Cc1ccccc1)C(=O)CN(c1cc(Cl)cc(Cl)c1)S(=O)(=O)c1ccc(C)cc1. The standard InChI is InChI=1S/C30H35Cl2N3O4S/c1-5-22(4)33-30(37)28(6-2)34(19-23-10-8-7-9-11-23)29(36)20-35(26-17-24(31)16-25(32)18-26)40(38,39)27-14-12-21(3)13-15-27/h7-18,22,28H,5-6,19-20H2,1-4H3,(H,33,37). The summed E-state index contributed by atoms with van der Waals surface area (Å²) < 4.78 is 28.9. The second-order valence-electron chi connectivity index (χ2n) is 9.70. The minimum Gasteiger partial charge on any atom is -0.352 e. The molecule has 1 N–H and O–H groups in total. The zero-order valence-electron chi connectivity index (χ0n) is 23.1. The van der Waals surface area contributed by atoms with Crippen molar-refractivity contribution in [2.75, 3.05) is 10.8 Å². The Bertz CT molecular complexity index is 1400. The van der Waals surface area contributed by atoms with Gasteiger partial charge in [-0.25, -0.2) is 8.42 Å². The topological polar surface area (TPSA) is 86.8 Å². The van der Waals surface area contributed by atoms with Crippen molar-refractivity contribution in [3.8, 4) is 0 Å². The van der Waals surface area contributed by atoms with Crippen LogP contribution < -0.4 is 9.62 Å². The van der Waals surface area contributed by atoms with Crippen LogP contribution in [-0.4, -0.2) is 43.8 Å². The monoisotopic (exact) mass is 603 g/mol. The lowest BCUT2D eigenvalue weighted by Gasteiger charge is -2.33. The van der Waals surface area contributed by atoms with Gasteiger partial charge in [0.2, 0.25) is 11.8 Å². The van der Waals surface area contributed by atoms with Gasteiger partial charge in [-0.1, -0.05) is 85.1 Å². The summed E-state index contributed by atoms with van der Waals surface area (Å²) in [5.74, 6) is -0.832. The van der Waals surface area contributed by atoms with Crippen molar-refractivity contribution in [3.63, 3.8) is 0 Å². The molecule has 0 heterocycles. The molecule has 0 aliphatic carbocycles. The Labute approximate surface area is 247 Å². The Morgan fingerprint density at radius 1 is 0.900 bits per heavy atom. The number of halogens is 2. The highest BCUT2D eigenvalue weighted by atomic mass is 35.5. The van der Waals surface area contributed by atoms with E-state index in [0.717, 1.165) is 21.9 Å². The Morgan fingerprint density at radius 3 is 2.05 bits per heavy atom. The first kappa shape index (κ1) is 31.5. The zero-order valence-corrected chi connectivity index (χ0v) is 25.4. The highest BCUT2D eigenvalue weighted by molar-refractivity contribution is 7.92. The number of anilines is 1. The van der Waals surface area contributed by atoms with Crippen LogP contribution in [0.15, 0.2) is 77.7 Å². The molecule has 7 nitrogen and oxygen atoms in total. The van der Waals surface area contributed by atoms with Gasteiger partial charge in [0.05, 0.1) is 10.6 Å². The summed E-state index contributed by atoms with van der Waals surface area (Å²) in [5, 5.41) is 3.41. The number of carbonyl (C=O) groups is 2. The molecule has 0 bridgehead atoms. The van der Waals surface area contributed by atoms with Crippen molar-refractivity contribution in [3.05, 3.63) is 94.0 Å². The lowest BCUT2D eigenvalue weighted by Crippen LogP contribution is -2.53. The van der Waals surface area contributed by atoms with Crippen molar-refractivity contribution in [2.24, 2.45) is 0 Å². The Hall–Kier alpha value is -3.07. The van der Waals surface area contributed by atoms with Crippen LogP contribution in [-0.2, 0) is 26.2 Å². The largest absolute Gasteiger partial charge is 0.352 e. The third-order valence-electron chi connectivity index (χ3n) is 6.61. The molecule has 0 saturated carbocycles. The molecule has 40 heavy (non-hydrogen) atoms. The van der Waals surface area contributed by atoms with Gasteiger partial charge in [0.1, 0.15) is 12.6 Å². The molecule has 2 amide bonds. The maximum Gasteiger partial charge on any atom is 0.264 e. The van der Waals surface area contributed by atoms with E-state index in [-0.39, 0.29) is 39.1 Å². The van der Waals surface area contributed by atoms with E-state index in [9.17, 15) is 18.0 Å². The first-order valence-corrected chi connectivity index (χ1v) is 15.3. The molecule has 10 heteroatoms. The first-order valence-electron chi connectivity index (χ1n) is 13.2. The van der Waals surface area contributed by atoms with E-state index < -0.39 is 28.5 Å². The molecule has 0 radical (unpaired) electrons. The summed E-state index contributed by atoms with van der Waals surface area (Å²) in [7, 11) is -4.21. The summed E-state index contributed by atoms with van der Waals surface area (Å²) >= 11 is 12.5. The van der Waals surface area contributed by atoms with E-state index in [0.29, 0.717) is 6.42 Å². The minimum absolute atomic E-state index is 0.0122. The van der Waals surface area contributed by atoms with Gasteiger partial charge in [0, 0.05) is 22.6 Å². The summed E-state index contributed by atoms with van der Waals surface area (Å²) in [4.78, 5) is 28.8. The summed E-state index contributed by atoms with van der Waals surface area (Å²) in [6.07, 6.45) is 1.07. The molecular formula is C30H35Cl2N3O4S. The van der Waals surface area contributed by atoms with Gasteiger partial charge in [0.15, 0.2) is 0 Å². The van der Waals surface area contributed by atoms with Crippen LogP contribution in [0, 0.1) is 6.92 Å². The number of sulfonamides is 1. The molecule has 0 spiro atoms. The van der Waals surface area contributed by atoms with E-state index in [1.54, 1.807) is 12.1 Å². The third-order valence-corrected chi connectivity index (χ3v) is 8.83. The van der Waals surface area contributed by atoms with Crippen LogP contribution in [0.25, 0.3) is 0 Å². The van der Waals surface area contributed by atoms with E-state index in [2.05, 4.69) is 5.32 Å². The third kappa shape index (κ3) is 7.99. The van der Waals surface area contributed by atoms with E-state index in [1.807, 2.05) is 58.0 Å². The molecular weight excluding hydrogens is 569 g/mol. The van der Waals surface area contributed by atoms with Crippen LogP contribution in [0.1, 0.15) is 44.7 Å². The highest BCUT2D eigenvalue weighted by Gasteiger charge is 2.34. The second-order valence-corrected chi connectivity index (χ2v) is 12.4. The van der Waals surface area contributed by atoms with Crippen LogP contribution >= 0.6 is 23.2 Å². The van der Waals surface area contributed by atoms with Crippen LogP contribution in [0.4, 0.5) is 5.69 Å². The predicted octanol–water partition coefficient (Wildman–Crippen LogP) is 6.22. The fourth-order valence-corrected chi connectivity index (χ4v) is 6.10. The van der Waals surface area contributed by atoms with Crippen molar-refractivity contribution in [2.45, 2.75) is 64.1 Å². The first-order chi connectivity index (χ1) is 19.0. The number of hydrogen-bond acceptors (Lipinski definition) is 4. The average Bonchev–Trinajstić information content (AvgIpc) is 2.91. The summed E-state index contributed by atoms with van der Waals surface area (Å²) in [6, 6.07) is 19.1. The fourth-order valence-electron chi connectivity index (χ4n) is 4.19. The second kappa shape index (κ2) is 14.0. The Balaban J connectivity index is 2.08. The van der Waals surface area contributed by atoms with Gasteiger partial charge in [-0.05, 0) is 62.6 Å². The Morgan fingerprint density at radius 2 is 1.50 bits per heavy atom. The fraction of sp³-hybridized carbons (Fsp3) is 0.333.